The quantitative estimate of drug-likeness (QED) is 0.576. The SMILES string of the molecule is Cn1c2c(sc1=O)C(c1c(F)cccc1Cl)CC(=O)N2c1ccc(Cl)cc1. The highest BCUT2D eigenvalue weighted by molar-refractivity contribution is 7.10. The van der Waals surface area contributed by atoms with Crippen molar-refractivity contribution in [2.24, 2.45) is 7.05 Å². The molecule has 1 aliphatic rings. The average Bonchev–Trinajstić information content (AvgIpc) is 2.92. The van der Waals surface area contributed by atoms with Crippen LogP contribution in [0.2, 0.25) is 10.0 Å². The molecule has 1 aliphatic heterocycles. The zero-order chi connectivity index (χ0) is 19.3. The minimum atomic E-state index is -0.608. The van der Waals surface area contributed by atoms with Crippen LogP contribution in [-0.4, -0.2) is 10.5 Å². The summed E-state index contributed by atoms with van der Waals surface area (Å²) in [4.78, 5) is 27.3. The van der Waals surface area contributed by atoms with E-state index in [1.54, 1.807) is 37.4 Å². The number of nitrogens with zero attached hydrogens (tertiary/aromatic N) is 2. The highest BCUT2D eigenvalue weighted by atomic mass is 35.5. The Bertz CT molecular complexity index is 1090. The van der Waals surface area contributed by atoms with E-state index >= 15 is 0 Å². The first-order chi connectivity index (χ1) is 12.9. The van der Waals surface area contributed by atoms with Crippen LogP contribution in [0.5, 0.6) is 0 Å². The second-order valence-corrected chi connectivity index (χ2v) is 8.05. The summed E-state index contributed by atoms with van der Waals surface area (Å²) >= 11 is 13.2. The summed E-state index contributed by atoms with van der Waals surface area (Å²) in [6.45, 7) is 0. The number of benzene rings is 2. The fourth-order valence-electron chi connectivity index (χ4n) is 3.36. The van der Waals surface area contributed by atoms with Gasteiger partial charge in [-0.15, -0.1) is 0 Å². The predicted octanol–water partition coefficient (Wildman–Crippen LogP) is 5.09. The molecule has 0 bridgehead atoms. The van der Waals surface area contributed by atoms with Crippen LogP contribution in [0.25, 0.3) is 0 Å². The fourth-order valence-corrected chi connectivity index (χ4v) is 4.85. The van der Waals surface area contributed by atoms with Gasteiger partial charge in [-0.1, -0.05) is 40.6 Å². The van der Waals surface area contributed by atoms with Crippen molar-refractivity contribution >= 4 is 52.0 Å². The van der Waals surface area contributed by atoms with Gasteiger partial charge >= 0.3 is 4.87 Å². The van der Waals surface area contributed by atoms with E-state index in [4.69, 9.17) is 23.2 Å². The molecule has 0 saturated heterocycles. The highest BCUT2D eigenvalue weighted by Crippen LogP contribution is 2.46. The number of hydrogen-bond acceptors (Lipinski definition) is 3. The van der Waals surface area contributed by atoms with Gasteiger partial charge in [-0.05, 0) is 36.4 Å². The fraction of sp³-hybridized carbons (Fsp3) is 0.158. The number of hydrogen-bond donors (Lipinski definition) is 0. The van der Waals surface area contributed by atoms with Crippen molar-refractivity contribution in [1.29, 1.82) is 0 Å². The Morgan fingerprint density at radius 2 is 1.81 bits per heavy atom. The third kappa shape index (κ3) is 2.98. The Hall–Kier alpha value is -2.15. The maximum Gasteiger partial charge on any atom is 0.308 e. The zero-order valence-corrected chi connectivity index (χ0v) is 16.4. The Morgan fingerprint density at radius 3 is 2.48 bits per heavy atom. The first-order valence-corrected chi connectivity index (χ1v) is 9.68. The zero-order valence-electron chi connectivity index (χ0n) is 14.1. The van der Waals surface area contributed by atoms with E-state index in [0.717, 1.165) is 11.3 Å². The van der Waals surface area contributed by atoms with E-state index in [1.165, 1.54) is 21.6 Å². The summed E-state index contributed by atoms with van der Waals surface area (Å²) in [5.41, 5.74) is 0.837. The van der Waals surface area contributed by atoms with Crippen molar-refractivity contribution in [3.05, 3.63) is 78.4 Å². The number of fused-ring (bicyclic) bond motifs is 1. The lowest BCUT2D eigenvalue weighted by Gasteiger charge is -2.32. The Morgan fingerprint density at radius 1 is 1.11 bits per heavy atom. The summed E-state index contributed by atoms with van der Waals surface area (Å²) in [7, 11) is 1.60. The summed E-state index contributed by atoms with van der Waals surface area (Å²) < 4.78 is 15.9. The molecule has 0 saturated carbocycles. The lowest BCUT2D eigenvalue weighted by molar-refractivity contribution is -0.118. The molecule has 2 aromatic carbocycles. The van der Waals surface area contributed by atoms with Crippen LogP contribution in [0.15, 0.2) is 47.3 Å². The second-order valence-electron chi connectivity index (χ2n) is 6.21. The standard InChI is InChI=1S/C19H13Cl2FN2O2S/c1-23-18-17(27-19(23)26)12(16-13(21)3-2-4-14(16)22)9-15(25)24(18)11-7-5-10(20)6-8-11/h2-8,12H,9H2,1H3. The van der Waals surface area contributed by atoms with E-state index in [0.29, 0.717) is 21.4 Å². The third-order valence-electron chi connectivity index (χ3n) is 4.60. The van der Waals surface area contributed by atoms with Gasteiger partial charge in [-0.3, -0.25) is 19.1 Å². The number of halogens is 3. The predicted molar refractivity (Wildman–Crippen MR) is 106 cm³/mol. The molecule has 1 amide bonds. The molecule has 0 radical (unpaired) electrons. The maximum absolute atomic E-state index is 14.5. The largest absolute Gasteiger partial charge is 0.308 e. The molecule has 8 heteroatoms. The number of amides is 1. The van der Waals surface area contributed by atoms with Crippen LogP contribution in [0.3, 0.4) is 0 Å². The Kier molecular flexibility index (Phi) is 4.58. The van der Waals surface area contributed by atoms with Crippen LogP contribution < -0.4 is 9.77 Å². The van der Waals surface area contributed by atoms with Gasteiger partial charge in [0.15, 0.2) is 0 Å². The Balaban J connectivity index is 1.94. The number of thiazole rings is 1. The molecule has 3 aromatic rings. The van der Waals surface area contributed by atoms with Gasteiger partial charge < -0.3 is 0 Å². The van der Waals surface area contributed by atoms with Gasteiger partial charge in [0.05, 0.1) is 10.6 Å². The van der Waals surface area contributed by atoms with Crippen LogP contribution in [-0.2, 0) is 11.8 Å². The van der Waals surface area contributed by atoms with Crippen molar-refractivity contribution < 1.29 is 9.18 Å². The molecular weight excluding hydrogens is 410 g/mol. The molecule has 0 fully saturated rings. The minimum Gasteiger partial charge on any atom is -0.288 e. The number of carbonyl (C=O) groups is 1. The van der Waals surface area contributed by atoms with E-state index < -0.39 is 11.7 Å². The average molecular weight is 423 g/mol. The second kappa shape index (κ2) is 6.78. The molecule has 138 valence electrons. The van der Waals surface area contributed by atoms with Gasteiger partial charge in [0.25, 0.3) is 0 Å². The molecule has 2 heterocycles. The normalized spacial score (nSPS) is 16.5. The molecule has 4 nitrogen and oxygen atoms in total. The Labute approximate surface area is 168 Å². The van der Waals surface area contributed by atoms with Crippen LogP contribution >= 0.6 is 34.5 Å². The van der Waals surface area contributed by atoms with Gasteiger partial charge in [0.1, 0.15) is 11.6 Å². The molecule has 0 spiro atoms. The van der Waals surface area contributed by atoms with Gasteiger partial charge in [-0.25, -0.2) is 4.39 Å². The monoisotopic (exact) mass is 422 g/mol. The van der Waals surface area contributed by atoms with Gasteiger partial charge in [-0.2, -0.15) is 0 Å². The van der Waals surface area contributed by atoms with Gasteiger partial charge in [0, 0.05) is 35.0 Å². The molecule has 0 aliphatic carbocycles. The molecule has 27 heavy (non-hydrogen) atoms. The third-order valence-corrected chi connectivity index (χ3v) is 6.32. The van der Waals surface area contributed by atoms with Crippen molar-refractivity contribution in [2.75, 3.05) is 4.90 Å². The number of rotatable bonds is 2. The lowest BCUT2D eigenvalue weighted by atomic mass is 9.90. The lowest BCUT2D eigenvalue weighted by Crippen LogP contribution is -2.35. The van der Waals surface area contributed by atoms with Crippen molar-refractivity contribution in [1.82, 2.24) is 4.57 Å². The van der Waals surface area contributed by atoms with Crippen molar-refractivity contribution in [3.63, 3.8) is 0 Å². The first-order valence-electron chi connectivity index (χ1n) is 8.10. The highest BCUT2D eigenvalue weighted by Gasteiger charge is 2.39. The minimum absolute atomic E-state index is 0.0102. The maximum atomic E-state index is 14.5. The van der Waals surface area contributed by atoms with Crippen molar-refractivity contribution in [3.8, 4) is 0 Å². The molecule has 1 atom stereocenters. The van der Waals surface area contributed by atoms with Crippen LogP contribution in [0, 0.1) is 5.82 Å². The molecule has 1 unspecified atom stereocenters. The molecule has 1 aromatic heterocycles. The van der Waals surface area contributed by atoms with Gasteiger partial charge in [0.2, 0.25) is 5.91 Å². The smallest absolute Gasteiger partial charge is 0.288 e. The summed E-state index contributed by atoms with van der Waals surface area (Å²) in [6, 6.07) is 11.2. The number of carbonyl (C=O) groups excluding carboxylic acids is 1. The first kappa shape index (κ1) is 18.2. The van der Waals surface area contributed by atoms with E-state index in [9.17, 15) is 14.0 Å². The number of anilines is 2. The van der Waals surface area contributed by atoms with Crippen LogP contribution in [0.4, 0.5) is 15.9 Å². The summed E-state index contributed by atoms with van der Waals surface area (Å²) in [5.74, 6) is -0.909. The van der Waals surface area contributed by atoms with Crippen LogP contribution in [0.1, 0.15) is 22.8 Å². The molecular formula is C19H13Cl2FN2O2S. The summed E-state index contributed by atoms with van der Waals surface area (Å²) in [5, 5.41) is 0.779. The molecule has 0 N–H and O–H groups in total. The topological polar surface area (TPSA) is 42.3 Å². The van der Waals surface area contributed by atoms with E-state index in [2.05, 4.69) is 0 Å². The van der Waals surface area contributed by atoms with Crippen molar-refractivity contribution in [2.45, 2.75) is 12.3 Å². The van der Waals surface area contributed by atoms with E-state index in [1.807, 2.05) is 0 Å². The van der Waals surface area contributed by atoms with E-state index in [-0.39, 0.29) is 27.8 Å². The molecule has 4 rings (SSSR count). The summed E-state index contributed by atoms with van der Waals surface area (Å²) in [6.07, 6.45) is 0.0102. The number of aromatic nitrogens is 1.